The molecule has 0 aliphatic rings. The number of benzene rings is 2. The molecule has 1 unspecified atom stereocenters. The monoisotopic (exact) mass is 260 g/mol. The van der Waals surface area contributed by atoms with E-state index in [9.17, 15) is 9.90 Å². The molecule has 0 amide bonds. The predicted octanol–water partition coefficient (Wildman–Crippen LogP) is 2.14. The van der Waals surface area contributed by atoms with Crippen molar-refractivity contribution in [3.8, 4) is 5.75 Å². The minimum atomic E-state index is -1.66. The van der Waals surface area contributed by atoms with Gasteiger partial charge >= 0.3 is 5.97 Å². The van der Waals surface area contributed by atoms with Crippen molar-refractivity contribution in [1.82, 2.24) is 0 Å². The molecule has 19 heavy (non-hydrogen) atoms. The second-order valence-corrected chi connectivity index (χ2v) is 4.53. The molecule has 100 valence electrons. The number of aliphatic hydroxyl groups is 1. The summed E-state index contributed by atoms with van der Waals surface area (Å²) >= 11 is 0. The standard InChI is InChI=1S/C15H16O4/c1-15(17,14(16)18-2)10-19-13-9-5-7-11-6-3-4-8-12(11)13/h3-9,17H,10H2,1-2H3. The number of hydrogen-bond acceptors (Lipinski definition) is 4. The largest absolute Gasteiger partial charge is 0.489 e. The molecule has 0 heterocycles. The SMILES string of the molecule is COC(=O)C(C)(O)COc1cccc2ccccc12. The van der Waals surface area contributed by atoms with Gasteiger partial charge in [-0.2, -0.15) is 0 Å². The molecule has 1 atom stereocenters. The fourth-order valence-electron chi connectivity index (χ4n) is 1.82. The van der Waals surface area contributed by atoms with Crippen molar-refractivity contribution in [3.63, 3.8) is 0 Å². The Kier molecular flexibility index (Phi) is 3.71. The molecule has 0 aliphatic carbocycles. The van der Waals surface area contributed by atoms with Crippen molar-refractivity contribution in [1.29, 1.82) is 0 Å². The van der Waals surface area contributed by atoms with Crippen LogP contribution in [0.25, 0.3) is 10.8 Å². The summed E-state index contributed by atoms with van der Waals surface area (Å²) in [7, 11) is 1.23. The van der Waals surface area contributed by atoms with E-state index in [2.05, 4.69) is 4.74 Å². The molecule has 0 radical (unpaired) electrons. The van der Waals surface area contributed by atoms with Crippen LogP contribution in [0.2, 0.25) is 0 Å². The smallest absolute Gasteiger partial charge is 0.341 e. The highest BCUT2D eigenvalue weighted by atomic mass is 16.6. The van der Waals surface area contributed by atoms with Gasteiger partial charge in [0.25, 0.3) is 0 Å². The van der Waals surface area contributed by atoms with Gasteiger partial charge in [0, 0.05) is 5.39 Å². The van der Waals surface area contributed by atoms with Gasteiger partial charge in [0.15, 0.2) is 5.60 Å². The lowest BCUT2D eigenvalue weighted by Crippen LogP contribution is -2.42. The molecule has 0 saturated heterocycles. The molecule has 0 aliphatic heterocycles. The number of carbonyl (C=O) groups is 1. The number of carbonyl (C=O) groups excluding carboxylic acids is 1. The molecule has 0 fully saturated rings. The molecule has 2 rings (SSSR count). The number of esters is 1. The van der Waals surface area contributed by atoms with Crippen LogP contribution < -0.4 is 4.74 Å². The Morgan fingerprint density at radius 1 is 1.21 bits per heavy atom. The summed E-state index contributed by atoms with van der Waals surface area (Å²) in [4.78, 5) is 11.4. The lowest BCUT2D eigenvalue weighted by molar-refractivity contribution is -0.163. The number of rotatable bonds is 4. The van der Waals surface area contributed by atoms with Gasteiger partial charge < -0.3 is 14.6 Å². The van der Waals surface area contributed by atoms with E-state index >= 15 is 0 Å². The first-order valence-electron chi connectivity index (χ1n) is 5.96. The van der Waals surface area contributed by atoms with Crippen LogP contribution in [0.1, 0.15) is 6.92 Å². The highest BCUT2D eigenvalue weighted by Gasteiger charge is 2.32. The highest BCUT2D eigenvalue weighted by Crippen LogP contribution is 2.25. The Morgan fingerprint density at radius 2 is 1.89 bits per heavy atom. The number of hydrogen-bond donors (Lipinski definition) is 1. The topological polar surface area (TPSA) is 55.8 Å². The van der Waals surface area contributed by atoms with Crippen LogP contribution in [0.15, 0.2) is 42.5 Å². The van der Waals surface area contributed by atoms with Gasteiger partial charge in [0.1, 0.15) is 12.4 Å². The Morgan fingerprint density at radius 3 is 2.63 bits per heavy atom. The average molecular weight is 260 g/mol. The maximum Gasteiger partial charge on any atom is 0.341 e. The Labute approximate surface area is 111 Å². The van der Waals surface area contributed by atoms with Crippen LogP contribution in [0.5, 0.6) is 5.75 Å². The van der Waals surface area contributed by atoms with Crippen LogP contribution in [-0.4, -0.2) is 30.4 Å². The van der Waals surface area contributed by atoms with Crippen LogP contribution in [0.3, 0.4) is 0 Å². The first-order valence-corrected chi connectivity index (χ1v) is 5.96. The van der Waals surface area contributed by atoms with E-state index in [1.807, 2.05) is 36.4 Å². The number of ether oxygens (including phenoxy) is 2. The van der Waals surface area contributed by atoms with E-state index in [4.69, 9.17) is 4.74 Å². The molecule has 2 aromatic rings. The number of fused-ring (bicyclic) bond motifs is 1. The summed E-state index contributed by atoms with van der Waals surface area (Å²) < 4.78 is 10.1. The van der Waals surface area contributed by atoms with Crippen molar-refractivity contribution in [2.24, 2.45) is 0 Å². The zero-order valence-electron chi connectivity index (χ0n) is 10.9. The third-order valence-corrected chi connectivity index (χ3v) is 2.88. The molecule has 4 heteroatoms. The van der Waals surface area contributed by atoms with Gasteiger partial charge in [-0.1, -0.05) is 36.4 Å². The van der Waals surface area contributed by atoms with Crippen molar-refractivity contribution in [2.45, 2.75) is 12.5 Å². The van der Waals surface area contributed by atoms with Gasteiger partial charge in [-0.15, -0.1) is 0 Å². The molecule has 1 N–H and O–H groups in total. The molecule has 4 nitrogen and oxygen atoms in total. The third kappa shape index (κ3) is 2.85. The van der Waals surface area contributed by atoms with Crippen LogP contribution in [0, 0.1) is 0 Å². The second-order valence-electron chi connectivity index (χ2n) is 4.53. The molecule has 0 saturated carbocycles. The van der Waals surface area contributed by atoms with Gasteiger partial charge in [-0.25, -0.2) is 4.79 Å². The molecular formula is C15H16O4. The summed E-state index contributed by atoms with van der Waals surface area (Å²) in [6.07, 6.45) is 0. The molecular weight excluding hydrogens is 244 g/mol. The van der Waals surface area contributed by atoms with Gasteiger partial charge in [0.2, 0.25) is 0 Å². The lowest BCUT2D eigenvalue weighted by atomic mass is 10.1. The Hall–Kier alpha value is -2.07. The third-order valence-electron chi connectivity index (χ3n) is 2.88. The summed E-state index contributed by atoms with van der Waals surface area (Å²) in [6.45, 7) is 1.21. The van der Waals surface area contributed by atoms with Crippen molar-refractivity contribution in [3.05, 3.63) is 42.5 Å². The Bertz CT molecular complexity index is 584. The zero-order chi connectivity index (χ0) is 13.9. The first-order chi connectivity index (χ1) is 9.04. The zero-order valence-corrected chi connectivity index (χ0v) is 10.9. The fraction of sp³-hybridized carbons (Fsp3) is 0.267. The summed E-state index contributed by atoms with van der Waals surface area (Å²) in [5, 5.41) is 11.9. The minimum absolute atomic E-state index is 0.159. The lowest BCUT2D eigenvalue weighted by Gasteiger charge is -2.21. The Balaban J connectivity index is 2.21. The van der Waals surface area contributed by atoms with Crippen LogP contribution >= 0.6 is 0 Å². The maximum atomic E-state index is 11.4. The minimum Gasteiger partial charge on any atom is -0.489 e. The van der Waals surface area contributed by atoms with Crippen molar-refractivity contribution in [2.75, 3.05) is 13.7 Å². The van der Waals surface area contributed by atoms with E-state index in [0.29, 0.717) is 5.75 Å². The molecule has 0 bridgehead atoms. The van der Waals surface area contributed by atoms with E-state index < -0.39 is 11.6 Å². The van der Waals surface area contributed by atoms with E-state index in [-0.39, 0.29) is 6.61 Å². The van der Waals surface area contributed by atoms with Gasteiger partial charge in [-0.05, 0) is 18.4 Å². The summed E-state index contributed by atoms with van der Waals surface area (Å²) in [5.41, 5.74) is -1.66. The second kappa shape index (κ2) is 5.28. The maximum absolute atomic E-state index is 11.4. The van der Waals surface area contributed by atoms with Crippen molar-refractivity contribution < 1.29 is 19.4 Å². The van der Waals surface area contributed by atoms with Crippen LogP contribution in [-0.2, 0) is 9.53 Å². The van der Waals surface area contributed by atoms with Gasteiger partial charge in [-0.3, -0.25) is 0 Å². The van der Waals surface area contributed by atoms with Crippen molar-refractivity contribution >= 4 is 16.7 Å². The average Bonchev–Trinajstić information content (AvgIpc) is 2.44. The summed E-state index contributed by atoms with van der Waals surface area (Å²) in [6, 6.07) is 13.4. The summed E-state index contributed by atoms with van der Waals surface area (Å²) in [5.74, 6) is -0.0879. The van der Waals surface area contributed by atoms with Gasteiger partial charge in [0.05, 0.1) is 7.11 Å². The normalized spacial score (nSPS) is 13.8. The van der Waals surface area contributed by atoms with E-state index in [1.54, 1.807) is 6.07 Å². The predicted molar refractivity (Wildman–Crippen MR) is 72.1 cm³/mol. The highest BCUT2D eigenvalue weighted by molar-refractivity contribution is 5.88. The van der Waals surface area contributed by atoms with Crippen LogP contribution in [0.4, 0.5) is 0 Å². The van der Waals surface area contributed by atoms with E-state index in [0.717, 1.165) is 10.8 Å². The molecule has 2 aromatic carbocycles. The fourth-order valence-corrected chi connectivity index (χ4v) is 1.82. The molecule has 0 spiro atoms. The van der Waals surface area contributed by atoms with E-state index in [1.165, 1.54) is 14.0 Å². The molecule has 0 aromatic heterocycles. The quantitative estimate of drug-likeness (QED) is 0.856. The first kappa shape index (κ1) is 13.4. The number of methoxy groups -OCH3 is 1.